The van der Waals surface area contributed by atoms with E-state index >= 15 is 0 Å². The van der Waals surface area contributed by atoms with Crippen LogP contribution in [-0.2, 0) is 7.05 Å². The number of aromatic nitrogens is 4. The van der Waals surface area contributed by atoms with Crippen LogP contribution in [0.2, 0.25) is 0 Å². The molecule has 0 fully saturated rings. The fourth-order valence-electron chi connectivity index (χ4n) is 2.49. The van der Waals surface area contributed by atoms with E-state index in [-0.39, 0.29) is 0 Å². The lowest BCUT2D eigenvalue weighted by Crippen LogP contribution is -1.96. The molecule has 0 aliphatic heterocycles. The molecule has 0 atom stereocenters. The molecule has 0 radical (unpaired) electrons. The second-order valence-electron chi connectivity index (χ2n) is 5.46. The van der Waals surface area contributed by atoms with Crippen LogP contribution in [0.25, 0.3) is 11.0 Å². The van der Waals surface area contributed by atoms with Crippen molar-refractivity contribution in [3.05, 3.63) is 41.9 Å². The third-order valence-corrected chi connectivity index (χ3v) is 3.57. The normalized spacial score (nSPS) is 11.3. The van der Waals surface area contributed by atoms with E-state index in [1.165, 1.54) is 17.5 Å². The van der Waals surface area contributed by atoms with Crippen LogP contribution in [-0.4, -0.2) is 19.7 Å². The van der Waals surface area contributed by atoms with Crippen molar-refractivity contribution in [3.8, 4) is 11.6 Å². The summed E-state index contributed by atoms with van der Waals surface area (Å²) in [6.45, 7) is 6.47. The molecule has 0 bridgehead atoms. The van der Waals surface area contributed by atoms with Crippen molar-refractivity contribution in [1.29, 1.82) is 0 Å². The molecular formula is C16H18N4O. The van der Waals surface area contributed by atoms with Crippen LogP contribution in [0, 0.1) is 6.92 Å². The molecule has 3 rings (SSSR count). The van der Waals surface area contributed by atoms with Crippen molar-refractivity contribution in [1.82, 2.24) is 19.7 Å². The Bertz CT molecular complexity index is 792. The molecular weight excluding hydrogens is 264 g/mol. The lowest BCUT2D eigenvalue weighted by Gasteiger charge is -2.12. The van der Waals surface area contributed by atoms with Crippen molar-refractivity contribution in [3.63, 3.8) is 0 Å². The van der Waals surface area contributed by atoms with Gasteiger partial charge in [0.2, 0.25) is 5.88 Å². The lowest BCUT2D eigenvalue weighted by molar-refractivity contribution is 0.467. The zero-order valence-electron chi connectivity index (χ0n) is 12.7. The highest BCUT2D eigenvalue weighted by Crippen LogP contribution is 2.29. The Morgan fingerprint density at radius 2 is 2.00 bits per heavy atom. The summed E-state index contributed by atoms with van der Waals surface area (Å²) in [6, 6.07) is 6.13. The minimum absolute atomic E-state index is 0.503. The average Bonchev–Trinajstić information content (AvgIpc) is 2.81. The highest BCUT2D eigenvalue weighted by atomic mass is 16.5. The Morgan fingerprint density at radius 3 is 2.71 bits per heavy atom. The molecule has 2 heterocycles. The number of ether oxygens (including phenoxy) is 1. The maximum atomic E-state index is 5.92. The Hall–Kier alpha value is -2.43. The van der Waals surface area contributed by atoms with Crippen LogP contribution in [0.4, 0.5) is 0 Å². The highest BCUT2D eigenvalue weighted by molar-refractivity contribution is 5.79. The number of aryl methyl sites for hydroxylation is 2. The molecule has 0 aliphatic rings. The first-order valence-electron chi connectivity index (χ1n) is 6.97. The second-order valence-corrected chi connectivity index (χ2v) is 5.46. The van der Waals surface area contributed by atoms with Crippen LogP contribution in [0.3, 0.4) is 0 Å². The lowest BCUT2D eigenvalue weighted by atomic mass is 9.98. The van der Waals surface area contributed by atoms with Crippen LogP contribution < -0.4 is 4.74 Å². The smallest absolute Gasteiger partial charge is 0.233 e. The third kappa shape index (κ3) is 2.46. The van der Waals surface area contributed by atoms with Crippen LogP contribution in [0.15, 0.2) is 30.7 Å². The fraction of sp³-hybridized carbons (Fsp3) is 0.312. The average molecular weight is 282 g/mol. The summed E-state index contributed by atoms with van der Waals surface area (Å²) in [5.74, 6) is 1.81. The van der Waals surface area contributed by atoms with Gasteiger partial charge in [-0.3, -0.25) is 4.68 Å². The van der Waals surface area contributed by atoms with Gasteiger partial charge >= 0.3 is 0 Å². The highest BCUT2D eigenvalue weighted by Gasteiger charge is 2.11. The standard InChI is InChI=1S/C16H18N4O/c1-10(2)13-6-5-12(7-11(13)3)21-16-14-8-19-20(4)15(14)17-9-18-16/h5-10H,1-4H3. The Balaban J connectivity index is 1.97. The topological polar surface area (TPSA) is 52.8 Å². The van der Waals surface area contributed by atoms with E-state index in [2.05, 4.69) is 41.9 Å². The molecule has 5 nitrogen and oxygen atoms in total. The van der Waals surface area contributed by atoms with Crippen molar-refractivity contribution >= 4 is 11.0 Å². The van der Waals surface area contributed by atoms with E-state index in [0.717, 1.165) is 16.8 Å². The molecule has 5 heteroatoms. The molecule has 0 N–H and O–H groups in total. The molecule has 0 spiro atoms. The summed E-state index contributed by atoms with van der Waals surface area (Å²) in [4.78, 5) is 8.42. The van der Waals surface area contributed by atoms with E-state index < -0.39 is 0 Å². The summed E-state index contributed by atoms with van der Waals surface area (Å²) in [6.07, 6.45) is 3.22. The van der Waals surface area contributed by atoms with Crippen LogP contribution in [0.1, 0.15) is 30.9 Å². The van der Waals surface area contributed by atoms with Gasteiger partial charge in [-0.1, -0.05) is 19.9 Å². The number of fused-ring (bicyclic) bond motifs is 1. The van der Waals surface area contributed by atoms with Gasteiger partial charge in [0.05, 0.1) is 6.20 Å². The number of rotatable bonds is 3. The van der Waals surface area contributed by atoms with Gasteiger partial charge in [-0.05, 0) is 36.1 Å². The summed E-state index contributed by atoms with van der Waals surface area (Å²) in [5, 5.41) is 5.00. The molecule has 0 unspecified atom stereocenters. The molecule has 3 aromatic rings. The molecule has 108 valence electrons. The quantitative estimate of drug-likeness (QED) is 0.736. The van der Waals surface area contributed by atoms with E-state index in [4.69, 9.17) is 4.74 Å². The maximum absolute atomic E-state index is 5.92. The van der Waals surface area contributed by atoms with E-state index in [1.807, 2.05) is 19.2 Å². The Morgan fingerprint density at radius 1 is 1.19 bits per heavy atom. The van der Waals surface area contributed by atoms with Gasteiger partial charge < -0.3 is 4.74 Å². The molecule has 0 amide bonds. The van der Waals surface area contributed by atoms with Crippen molar-refractivity contribution in [2.75, 3.05) is 0 Å². The predicted molar refractivity (Wildman–Crippen MR) is 81.6 cm³/mol. The van der Waals surface area contributed by atoms with E-state index in [9.17, 15) is 0 Å². The molecule has 0 aliphatic carbocycles. The van der Waals surface area contributed by atoms with Gasteiger partial charge in [-0.15, -0.1) is 0 Å². The van der Waals surface area contributed by atoms with Crippen molar-refractivity contribution in [2.24, 2.45) is 7.05 Å². The monoisotopic (exact) mass is 282 g/mol. The summed E-state index contributed by atoms with van der Waals surface area (Å²) >= 11 is 0. The summed E-state index contributed by atoms with van der Waals surface area (Å²) in [5.41, 5.74) is 3.31. The predicted octanol–water partition coefficient (Wildman–Crippen LogP) is 3.59. The van der Waals surface area contributed by atoms with Crippen molar-refractivity contribution < 1.29 is 4.74 Å². The third-order valence-electron chi connectivity index (χ3n) is 3.57. The molecule has 0 saturated heterocycles. The van der Waals surface area contributed by atoms with Gasteiger partial charge in [0.1, 0.15) is 17.5 Å². The Kier molecular flexibility index (Phi) is 3.33. The molecule has 1 aromatic carbocycles. The first-order valence-corrected chi connectivity index (χ1v) is 6.97. The number of hydrogen-bond donors (Lipinski definition) is 0. The van der Waals surface area contributed by atoms with E-state index in [0.29, 0.717) is 11.8 Å². The first kappa shape index (κ1) is 13.5. The molecule has 2 aromatic heterocycles. The zero-order valence-corrected chi connectivity index (χ0v) is 12.7. The Labute approximate surface area is 123 Å². The number of hydrogen-bond acceptors (Lipinski definition) is 4. The summed E-state index contributed by atoms with van der Waals surface area (Å²) < 4.78 is 7.62. The van der Waals surface area contributed by atoms with E-state index in [1.54, 1.807) is 10.9 Å². The first-order chi connectivity index (χ1) is 10.1. The maximum Gasteiger partial charge on any atom is 0.233 e. The van der Waals surface area contributed by atoms with Crippen LogP contribution >= 0.6 is 0 Å². The molecule has 0 saturated carbocycles. The van der Waals surface area contributed by atoms with Gasteiger partial charge in [0, 0.05) is 7.05 Å². The van der Waals surface area contributed by atoms with Gasteiger partial charge in [-0.2, -0.15) is 5.10 Å². The van der Waals surface area contributed by atoms with Gasteiger partial charge in [0.25, 0.3) is 0 Å². The van der Waals surface area contributed by atoms with Crippen molar-refractivity contribution in [2.45, 2.75) is 26.7 Å². The SMILES string of the molecule is Cc1cc(Oc2ncnc3c2cnn3C)ccc1C(C)C. The fourth-order valence-corrected chi connectivity index (χ4v) is 2.49. The minimum Gasteiger partial charge on any atom is -0.438 e. The second kappa shape index (κ2) is 5.16. The zero-order chi connectivity index (χ0) is 15.0. The minimum atomic E-state index is 0.503. The largest absolute Gasteiger partial charge is 0.438 e. The number of nitrogens with zero attached hydrogens (tertiary/aromatic N) is 4. The van der Waals surface area contributed by atoms with Gasteiger partial charge in [0.15, 0.2) is 5.65 Å². The number of benzene rings is 1. The van der Waals surface area contributed by atoms with Crippen LogP contribution in [0.5, 0.6) is 11.6 Å². The molecule has 21 heavy (non-hydrogen) atoms. The van der Waals surface area contributed by atoms with Gasteiger partial charge in [-0.25, -0.2) is 9.97 Å². The summed E-state index contributed by atoms with van der Waals surface area (Å²) in [7, 11) is 1.85.